The number of carbonyl (C=O) groups is 1. The van der Waals surface area contributed by atoms with Crippen molar-refractivity contribution >= 4 is 11.7 Å². The van der Waals surface area contributed by atoms with Gasteiger partial charge >= 0.3 is 0 Å². The molecule has 0 spiro atoms. The first-order valence-electron chi connectivity index (χ1n) is 10.2. The molecule has 5 heteroatoms. The number of piperidine rings is 1. The molecule has 1 aromatic carbocycles. The summed E-state index contributed by atoms with van der Waals surface area (Å²) in [6, 6.07) is 12.1. The van der Waals surface area contributed by atoms with Gasteiger partial charge in [0.05, 0.1) is 0 Å². The van der Waals surface area contributed by atoms with Crippen LogP contribution in [0, 0.1) is 5.92 Å². The number of nitrogens with zero attached hydrogens (tertiary/aromatic N) is 3. The van der Waals surface area contributed by atoms with Crippen LogP contribution >= 0.6 is 0 Å². The van der Waals surface area contributed by atoms with Gasteiger partial charge in [0, 0.05) is 30.8 Å². The molecule has 1 saturated carbocycles. The van der Waals surface area contributed by atoms with Crippen molar-refractivity contribution in [3.8, 4) is 11.4 Å². The Labute approximate surface area is 161 Å². The summed E-state index contributed by atoms with van der Waals surface area (Å²) in [5, 5.41) is 3.16. The van der Waals surface area contributed by atoms with E-state index in [-0.39, 0.29) is 11.9 Å². The fourth-order valence-corrected chi connectivity index (χ4v) is 4.00. The predicted octanol–water partition coefficient (Wildman–Crippen LogP) is 4.05. The van der Waals surface area contributed by atoms with Gasteiger partial charge in [-0.2, -0.15) is 0 Å². The Bertz CT molecular complexity index is 778. The largest absolute Gasteiger partial charge is 0.356 e. The van der Waals surface area contributed by atoms with Crippen LogP contribution in [0.2, 0.25) is 0 Å². The predicted molar refractivity (Wildman–Crippen MR) is 108 cm³/mol. The molecule has 1 N–H and O–H groups in total. The Morgan fingerprint density at radius 1 is 1.04 bits per heavy atom. The monoisotopic (exact) mass is 364 g/mol. The smallest absolute Gasteiger partial charge is 0.270 e. The number of carbonyl (C=O) groups excluding carboxylic acids is 1. The number of amides is 1. The number of nitrogens with one attached hydrogen (secondary N) is 1. The molecule has 1 aliphatic heterocycles. The van der Waals surface area contributed by atoms with Crippen molar-refractivity contribution in [1.29, 1.82) is 0 Å². The molecule has 5 nitrogen and oxygen atoms in total. The lowest BCUT2D eigenvalue weighted by Gasteiger charge is -2.31. The Kier molecular flexibility index (Phi) is 5.37. The van der Waals surface area contributed by atoms with Crippen molar-refractivity contribution in [1.82, 2.24) is 15.3 Å². The molecule has 2 heterocycles. The minimum atomic E-state index is -0.0758. The molecule has 1 saturated heterocycles. The summed E-state index contributed by atoms with van der Waals surface area (Å²) in [4.78, 5) is 24.6. The molecule has 0 atom stereocenters. The zero-order valence-electron chi connectivity index (χ0n) is 16.0. The summed E-state index contributed by atoms with van der Waals surface area (Å²) in [5.41, 5.74) is 1.42. The molecule has 1 aliphatic carbocycles. The van der Waals surface area contributed by atoms with Gasteiger partial charge in [-0.15, -0.1) is 0 Å². The van der Waals surface area contributed by atoms with Gasteiger partial charge in [0.15, 0.2) is 5.82 Å². The summed E-state index contributed by atoms with van der Waals surface area (Å²) in [7, 11) is 0. The first kappa shape index (κ1) is 18.0. The standard InChI is InChI=1S/C22H28N4O/c1-16-11-13-26(14-12-16)20-15-19(22(27)23-18-9-5-6-10-18)24-21(25-20)17-7-3-2-4-8-17/h2-4,7-8,15-16,18H,5-6,9-14H2,1H3,(H,23,27). The zero-order valence-corrected chi connectivity index (χ0v) is 16.0. The second kappa shape index (κ2) is 8.07. The third-order valence-electron chi connectivity index (χ3n) is 5.78. The second-order valence-corrected chi connectivity index (χ2v) is 7.93. The van der Waals surface area contributed by atoms with Crippen LogP contribution in [0.1, 0.15) is 55.9 Å². The number of anilines is 1. The van der Waals surface area contributed by atoms with Crippen LogP contribution in [0.25, 0.3) is 11.4 Å². The highest BCUT2D eigenvalue weighted by Crippen LogP contribution is 2.25. The highest BCUT2D eigenvalue weighted by molar-refractivity contribution is 5.93. The fraction of sp³-hybridized carbons (Fsp3) is 0.500. The van der Waals surface area contributed by atoms with E-state index in [0.29, 0.717) is 11.5 Å². The highest BCUT2D eigenvalue weighted by Gasteiger charge is 2.23. The maximum atomic E-state index is 12.9. The Morgan fingerprint density at radius 3 is 2.44 bits per heavy atom. The Balaban J connectivity index is 1.64. The number of rotatable bonds is 4. The van der Waals surface area contributed by atoms with Crippen molar-refractivity contribution < 1.29 is 4.79 Å². The number of hydrogen-bond donors (Lipinski definition) is 1. The molecular formula is C22H28N4O. The quantitative estimate of drug-likeness (QED) is 0.889. The van der Waals surface area contributed by atoms with Crippen LogP contribution in [0.15, 0.2) is 36.4 Å². The van der Waals surface area contributed by atoms with Gasteiger partial charge in [-0.3, -0.25) is 4.79 Å². The first-order valence-corrected chi connectivity index (χ1v) is 10.2. The van der Waals surface area contributed by atoms with E-state index in [1.807, 2.05) is 36.4 Å². The Morgan fingerprint density at radius 2 is 1.74 bits per heavy atom. The summed E-state index contributed by atoms with van der Waals surface area (Å²) in [5.74, 6) is 2.17. The van der Waals surface area contributed by atoms with Crippen LogP contribution in [-0.2, 0) is 0 Å². The molecule has 1 amide bonds. The van der Waals surface area contributed by atoms with Crippen molar-refractivity contribution in [2.24, 2.45) is 5.92 Å². The number of benzene rings is 1. The molecule has 4 rings (SSSR count). The van der Waals surface area contributed by atoms with Crippen LogP contribution in [0.3, 0.4) is 0 Å². The fourth-order valence-electron chi connectivity index (χ4n) is 4.00. The van der Waals surface area contributed by atoms with E-state index in [1.54, 1.807) is 0 Å². The average molecular weight is 364 g/mol. The lowest BCUT2D eigenvalue weighted by molar-refractivity contribution is 0.0933. The number of aromatic nitrogens is 2. The molecule has 2 aliphatic rings. The van der Waals surface area contributed by atoms with Crippen molar-refractivity contribution in [2.45, 2.75) is 51.5 Å². The van der Waals surface area contributed by atoms with Crippen LogP contribution in [0.4, 0.5) is 5.82 Å². The van der Waals surface area contributed by atoms with Gasteiger partial charge in [0.25, 0.3) is 5.91 Å². The van der Waals surface area contributed by atoms with E-state index in [4.69, 9.17) is 4.98 Å². The van der Waals surface area contributed by atoms with Gasteiger partial charge in [-0.25, -0.2) is 9.97 Å². The summed E-state index contributed by atoms with van der Waals surface area (Å²) in [6.07, 6.45) is 6.85. The molecule has 0 unspecified atom stereocenters. The molecule has 2 fully saturated rings. The minimum absolute atomic E-state index is 0.0758. The minimum Gasteiger partial charge on any atom is -0.356 e. The zero-order chi connectivity index (χ0) is 18.6. The van der Waals surface area contributed by atoms with E-state index < -0.39 is 0 Å². The summed E-state index contributed by atoms with van der Waals surface area (Å²) < 4.78 is 0. The van der Waals surface area contributed by atoms with Crippen molar-refractivity contribution in [2.75, 3.05) is 18.0 Å². The lowest BCUT2D eigenvalue weighted by Crippen LogP contribution is -2.35. The maximum Gasteiger partial charge on any atom is 0.270 e. The maximum absolute atomic E-state index is 12.9. The third kappa shape index (κ3) is 4.29. The molecule has 142 valence electrons. The molecule has 0 bridgehead atoms. The summed E-state index contributed by atoms with van der Waals surface area (Å²) >= 11 is 0. The van der Waals surface area contributed by atoms with Crippen molar-refractivity contribution in [3.05, 3.63) is 42.1 Å². The summed E-state index contributed by atoms with van der Waals surface area (Å²) in [6.45, 7) is 4.26. The van der Waals surface area contributed by atoms with Crippen LogP contribution < -0.4 is 10.2 Å². The normalized spacial score (nSPS) is 18.6. The van der Waals surface area contributed by atoms with E-state index >= 15 is 0 Å². The second-order valence-electron chi connectivity index (χ2n) is 7.93. The Hall–Kier alpha value is -2.43. The van der Waals surface area contributed by atoms with Gasteiger partial charge in [-0.05, 0) is 31.6 Å². The third-order valence-corrected chi connectivity index (χ3v) is 5.78. The molecule has 27 heavy (non-hydrogen) atoms. The van der Waals surface area contributed by atoms with E-state index in [1.165, 1.54) is 12.8 Å². The van der Waals surface area contributed by atoms with E-state index in [0.717, 1.165) is 56.1 Å². The number of hydrogen-bond acceptors (Lipinski definition) is 4. The molecule has 2 aromatic rings. The molecule has 0 radical (unpaired) electrons. The van der Waals surface area contributed by atoms with Gasteiger partial charge in [0.1, 0.15) is 11.5 Å². The van der Waals surface area contributed by atoms with E-state index in [9.17, 15) is 4.79 Å². The molecule has 1 aromatic heterocycles. The van der Waals surface area contributed by atoms with Gasteiger partial charge in [-0.1, -0.05) is 50.1 Å². The SMILES string of the molecule is CC1CCN(c2cc(C(=O)NC3CCCC3)nc(-c3ccccc3)n2)CC1. The van der Waals surface area contributed by atoms with Crippen molar-refractivity contribution in [3.63, 3.8) is 0 Å². The highest BCUT2D eigenvalue weighted by atomic mass is 16.1. The van der Waals surface area contributed by atoms with Crippen LogP contribution in [0.5, 0.6) is 0 Å². The van der Waals surface area contributed by atoms with E-state index in [2.05, 4.69) is 22.1 Å². The van der Waals surface area contributed by atoms with Gasteiger partial charge in [0.2, 0.25) is 0 Å². The first-order chi connectivity index (χ1) is 13.2. The van der Waals surface area contributed by atoms with Crippen LogP contribution in [-0.4, -0.2) is 35.0 Å². The molecular weight excluding hydrogens is 336 g/mol. The lowest BCUT2D eigenvalue weighted by atomic mass is 9.99. The van der Waals surface area contributed by atoms with Gasteiger partial charge < -0.3 is 10.2 Å². The average Bonchev–Trinajstić information content (AvgIpc) is 3.22. The topological polar surface area (TPSA) is 58.1 Å².